The average Bonchev–Trinajstić information content (AvgIpc) is 4.12. The average molecular weight is 930 g/mol. The molecule has 0 aliphatic heterocycles. The molecule has 0 fully saturated rings. The van der Waals surface area contributed by atoms with E-state index in [4.69, 9.17) is 19.4 Å². The summed E-state index contributed by atoms with van der Waals surface area (Å²) in [6, 6.07) is 80.7. The van der Waals surface area contributed by atoms with Gasteiger partial charge >= 0.3 is 0 Å². The monoisotopic (exact) mass is 929 g/mol. The molecule has 6 nitrogen and oxygen atoms in total. The van der Waals surface area contributed by atoms with Crippen molar-refractivity contribution in [3.05, 3.63) is 237 Å². The fourth-order valence-corrected chi connectivity index (χ4v) is 16.9. The van der Waals surface area contributed by atoms with Gasteiger partial charge in [-0.2, -0.15) is 9.97 Å². The zero-order valence-electron chi connectivity index (χ0n) is 37.6. The quantitative estimate of drug-likeness (QED) is 0.112. The number of rotatable bonds is 8. The van der Waals surface area contributed by atoms with Crippen LogP contribution >= 0.6 is 11.3 Å². The largest absolute Gasteiger partial charge is 0.454 e. The molecule has 328 valence electrons. The first kappa shape index (κ1) is 40.3. The maximum absolute atomic E-state index is 6.37. The molecule has 0 amide bonds. The van der Waals surface area contributed by atoms with Gasteiger partial charge in [-0.25, -0.2) is 4.98 Å². The summed E-state index contributed by atoms with van der Waals surface area (Å²) in [5.74, 6) is 1.65. The highest BCUT2D eigenvalue weighted by Gasteiger charge is 2.41. The zero-order valence-corrected chi connectivity index (χ0v) is 39.4. The van der Waals surface area contributed by atoms with Crippen molar-refractivity contribution < 1.29 is 4.42 Å². The first-order valence-electron chi connectivity index (χ1n) is 23.4. The lowest BCUT2D eigenvalue weighted by atomic mass is 9.98. The van der Waals surface area contributed by atoms with E-state index in [0.717, 1.165) is 49.3 Å². The Morgan fingerprint density at radius 3 is 1.74 bits per heavy atom. The van der Waals surface area contributed by atoms with Crippen LogP contribution in [0.15, 0.2) is 241 Å². The number of furan rings is 1. The van der Waals surface area contributed by atoms with Crippen molar-refractivity contribution in [2.75, 3.05) is 0 Å². The molecule has 0 radical (unpaired) electrons. The first-order chi connectivity index (χ1) is 34.7. The van der Waals surface area contributed by atoms with Crippen LogP contribution in [0.4, 0.5) is 0 Å². The summed E-state index contributed by atoms with van der Waals surface area (Å²) in [5.41, 5.74) is 7.59. The molecule has 70 heavy (non-hydrogen) atoms. The number of para-hydroxylation sites is 1. The molecular weight excluding hydrogens is 891 g/mol. The summed E-state index contributed by atoms with van der Waals surface area (Å²) in [4.78, 5) is 20.7. The third kappa shape index (κ3) is 6.17. The molecule has 5 heterocycles. The Balaban J connectivity index is 1.02. The summed E-state index contributed by atoms with van der Waals surface area (Å²) in [6.07, 6.45) is 3.57. The predicted octanol–water partition coefficient (Wildman–Crippen LogP) is 13.0. The van der Waals surface area contributed by atoms with Crippen molar-refractivity contribution >= 4 is 104 Å². The summed E-state index contributed by atoms with van der Waals surface area (Å²) < 4.78 is 11.1. The summed E-state index contributed by atoms with van der Waals surface area (Å²) in [5, 5.41) is 11.9. The lowest BCUT2D eigenvalue weighted by molar-refractivity contribution is 0.667. The molecule has 0 N–H and O–H groups in total. The zero-order chi connectivity index (χ0) is 46.2. The topological polar surface area (TPSA) is 69.6 Å². The molecule has 0 aliphatic carbocycles. The fraction of sp³-hybridized carbons (Fsp3) is 0. The Morgan fingerprint density at radius 1 is 0.400 bits per heavy atom. The summed E-state index contributed by atoms with van der Waals surface area (Å²) in [7, 11) is -2.78. The van der Waals surface area contributed by atoms with E-state index < -0.39 is 8.07 Å². The van der Waals surface area contributed by atoms with Gasteiger partial charge in [-0.1, -0.05) is 194 Å². The predicted molar refractivity (Wildman–Crippen MR) is 292 cm³/mol. The van der Waals surface area contributed by atoms with E-state index >= 15 is 0 Å². The SMILES string of the molecule is c1ccc([Si](c2ccccc2)(c2ccccc2)c2ccc(-c3nc(-c4cccc5oc6cnccc6c45)nc(-n4c5ccccc5c5c(-c6cccc7c6sc6ccccc67)cccc54)n3)cc2)cc1. The standard InChI is InChI=1S/C62H39N5OSSi/c1-4-17-41(18-5-1)70(42-19-6-2-7-20-42,43-21-8-3-9-22-43)44-35-33-40(34-36-44)60-64-61(51-28-16-31-54-58(51)50-37-38-63-39-55(50)68-54)66-62(65-60)67-52-29-12-10-24-49(52)57-46(25-15-30-53(57)67)48-27-14-26-47-45-23-11-13-32-56(45)69-59(47)48/h1-39H. The number of aromatic nitrogens is 5. The van der Waals surface area contributed by atoms with Gasteiger partial charge in [0, 0.05) is 64.6 Å². The molecule has 14 aromatic rings. The molecule has 0 bridgehead atoms. The van der Waals surface area contributed by atoms with Gasteiger partial charge in [-0.15, -0.1) is 11.3 Å². The molecule has 0 aliphatic rings. The lowest BCUT2D eigenvalue weighted by Gasteiger charge is -2.34. The van der Waals surface area contributed by atoms with Crippen LogP contribution in [0.5, 0.6) is 0 Å². The third-order valence-corrected chi connectivity index (χ3v) is 20.0. The van der Waals surface area contributed by atoms with Crippen LogP contribution in [0.25, 0.3) is 104 Å². The van der Waals surface area contributed by atoms with E-state index in [0.29, 0.717) is 23.2 Å². The number of pyridine rings is 1. The van der Waals surface area contributed by atoms with Crippen LogP contribution in [0.2, 0.25) is 0 Å². The number of hydrogen-bond acceptors (Lipinski definition) is 6. The molecule has 5 aromatic heterocycles. The number of thiophene rings is 1. The van der Waals surface area contributed by atoms with Crippen LogP contribution in [0.3, 0.4) is 0 Å². The van der Waals surface area contributed by atoms with Crippen molar-refractivity contribution in [2.45, 2.75) is 0 Å². The number of nitrogens with zero attached hydrogens (tertiary/aromatic N) is 5. The molecule has 14 rings (SSSR count). The second kappa shape index (κ2) is 16.2. The summed E-state index contributed by atoms with van der Waals surface area (Å²) >= 11 is 1.85. The van der Waals surface area contributed by atoms with E-state index in [1.54, 1.807) is 12.4 Å². The van der Waals surface area contributed by atoms with Crippen LogP contribution < -0.4 is 20.7 Å². The number of fused-ring (bicyclic) bond motifs is 9. The first-order valence-corrected chi connectivity index (χ1v) is 26.3. The van der Waals surface area contributed by atoms with E-state index in [9.17, 15) is 0 Å². The summed E-state index contributed by atoms with van der Waals surface area (Å²) in [6.45, 7) is 0. The second-order valence-electron chi connectivity index (χ2n) is 17.7. The molecule has 0 saturated carbocycles. The van der Waals surface area contributed by atoms with Crippen LogP contribution in [-0.4, -0.2) is 32.6 Å². The maximum atomic E-state index is 6.37. The van der Waals surface area contributed by atoms with Crippen LogP contribution in [-0.2, 0) is 0 Å². The second-order valence-corrected chi connectivity index (χ2v) is 22.6. The molecule has 0 saturated heterocycles. The number of hydrogen-bond donors (Lipinski definition) is 0. The minimum atomic E-state index is -2.78. The smallest absolute Gasteiger partial charge is 0.238 e. The Labute approximate surface area is 407 Å². The Kier molecular flexibility index (Phi) is 9.30. The minimum absolute atomic E-state index is 0.528. The van der Waals surface area contributed by atoms with Gasteiger partial charge in [0.2, 0.25) is 5.95 Å². The molecule has 8 heteroatoms. The molecule has 9 aromatic carbocycles. The van der Waals surface area contributed by atoms with E-state index in [1.807, 2.05) is 29.5 Å². The molecular formula is C62H39N5OSSi. The third-order valence-electron chi connectivity index (χ3n) is 14.0. The normalized spacial score (nSPS) is 12.0. The Morgan fingerprint density at radius 2 is 0.986 bits per heavy atom. The maximum Gasteiger partial charge on any atom is 0.238 e. The van der Waals surface area contributed by atoms with E-state index in [2.05, 4.69) is 216 Å². The van der Waals surface area contributed by atoms with Crippen molar-refractivity contribution in [3.8, 4) is 39.9 Å². The van der Waals surface area contributed by atoms with Crippen LogP contribution in [0, 0.1) is 0 Å². The minimum Gasteiger partial charge on any atom is -0.454 e. The van der Waals surface area contributed by atoms with Crippen molar-refractivity contribution in [1.82, 2.24) is 24.5 Å². The Hall–Kier alpha value is -8.82. The van der Waals surface area contributed by atoms with Gasteiger partial charge in [0.15, 0.2) is 25.3 Å². The van der Waals surface area contributed by atoms with Crippen molar-refractivity contribution in [1.29, 1.82) is 0 Å². The van der Waals surface area contributed by atoms with E-state index in [1.165, 1.54) is 52.0 Å². The molecule has 0 atom stereocenters. The van der Waals surface area contributed by atoms with Crippen LogP contribution in [0.1, 0.15) is 0 Å². The van der Waals surface area contributed by atoms with Gasteiger partial charge < -0.3 is 4.42 Å². The molecule has 0 unspecified atom stereocenters. The van der Waals surface area contributed by atoms with E-state index in [-0.39, 0.29) is 0 Å². The molecule has 0 spiro atoms. The lowest BCUT2D eigenvalue weighted by Crippen LogP contribution is -2.74. The van der Waals surface area contributed by atoms with Gasteiger partial charge in [0.1, 0.15) is 5.58 Å². The van der Waals surface area contributed by atoms with Gasteiger partial charge in [0.25, 0.3) is 0 Å². The van der Waals surface area contributed by atoms with Gasteiger partial charge in [-0.3, -0.25) is 9.55 Å². The van der Waals surface area contributed by atoms with Crippen molar-refractivity contribution in [3.63, 3.8) is 0 Å². The Bertz CT molecular complexity index is 4200. The number of benzene rings is 9. The van der Waals surface area contributed by atoms with Gasteiger partial charge in [-0.05, 0) is 56.6 Å². The van der Waals surface area contributed by atoms with Gasteiger partial charge in [0.05, 0.1) is 17.2 Å². The highest BCUT2D eigenvalue weighted by Crippen LogP contribution is 2.45. The fourth-order valence-electron chi connectivity index (χ4n) is 10.9. The highest BCUT2D eigenvalue weighted by molar-refractivity contribution is 7.26. The highest BCUT2D eigenvalue weighted by atomic mass is 32.1. The van der Waals surface area contributed by atoms with Crippen molar-refractivity contribution in [2.24, 2.45) is 0 Å².